The first-order chi connectivity index (χ1) is 11.0. The summed E-state index contributed by atoms with van der Waals surface area (Å²) in [6.07, 6.45) is -1.70. The van der Waals surface area contributed by atoms with Crippen LogP contribution in [0.5, 0.6) is 0 Å². The molecular formula is C13H16N6O4. The van der Waals surface area contributed by atoms with Crippen LogP contribution in [0.2, 0.25) is 0 Å². The molecule has 1 aliphatic heterocycles. The molecule has 4 atom stereocenters. The Morgan fingerprint density at radius 2 is 2.17 bits per heavy atom. The quantitative estimate of drug-likeness (QED) is 0.379. The topological polar surface area (TPSA) is 154 Å². The molecule has 122 valence electrons. The van der Waals surface area contributed by atoms with Crippen molar-refractivity contribution in [2.24, 2.45) is 5.84 Å². The number of fused-ring (bicyclic) bond motifs is 1. The van der Waals surface area contributed by atoms with E-state index in [4.69, 9.17) is 10.6 Å². The van der Waals surface area contributed by atoms with E-state index in [0.29, 0.717) is 16.9 Å². The highest BCUT2D eigenvalue weighted by atomic mass is 16.6. The number of nitrogens with two attached hydrogens (primary N) is 1. The highest BCUT2D eigenvalue weighted by Gasteiger charge is 2.44. The zero-order valence-corrected chi connectivity index (χ0v) is 12.2. The summed E-state index contributed by atoms with van der Waals surface area (Å²) in [5.74, 6) is 6.07. The molecule has 0 aliphatic carbocycles. The van der Waals surface area contributed by atoms with E-state index in [1.165, 1.54) is 22.1 Å². The molecule has 0 amide bonds. The predicted octanol–water partition coefficient (Wildman–Crippen LogP) is -1.78. The van der Waals surface area contributed by atoms with Crippen LogP contribution in [0, 0.1) is 11.3 Å². The van der Waals surface area contributed by atoms with Gasteiger partial charge in [0.2, 0.25) is 0 Å². The zero-order chi connectivity index (χ0) is 16.7. The summed E-state index contributed by atoms with van der Waals surface area (Å²) in [6.45, 7) is -0.440. The van der Waals surface area contributed by atoms with Crippen molar-refractivity contribution in [3.05, 3.63) is 18.1 Å². The monoisotopic (exact) mass is 320 g/mol. The standard InChI is InChI=1S/C13H16N6O4/c1-18(15)11-8-6(2-14)3-19(12(8)17-5-16-11)13-10(22)9(21)7(4-20)23-13/h3,5,7,9-10,13,20-22H,4,15H2,1H3/t7-,9-,10-,13-/m1/s1. The van der Waals surface area contributed by atoms with Crippen molar-refractivity contribution in [3.8, 4) is 6.07 Å². The fourth-order valence-corrected chi connectivity index (χ4v) is 2.72. The number of aliphatic hydroxyl groups excluding tert-OH is 3. The fourth-order valence-electron chi connectivity index (χ4n) is 2.72. The van der Waals surface area contributed by atoms with Crippen LogP contribution in [-0.4, -0.2) is 61.8 Å². The minimum Gasteiger partial charge on any atom is -0.394 e. The van der Waals surface area contributed by atoms with E-state index >= 15 is 0 Å². The second kappa shape index (κ2) is 5.73. The van der Waals surface area contributed by atoms with Gasteiger partial charge in [0.1, 0.15) is 36.4 Å². The minimum absolute atomic E-state index is 0.255. The van der Waals surface area contributed by atoms with E-state index in [0.717, 1.165) is 0 Å². The van der Waals surface area contributed by atoms with Crippen molar-refractivity contribution in [1.82, 2.24) is 14.5 Å². The molecule has 10 nitrogen and oxygen atoms in total. The number of aliphatic hydroxyl groups is 3. The average Bonchev–Trinajstić information content (AvgIpc) is 3.05. The summed E-state index contributed by atoms with van der Waals surface area (Å²) in [5.41, 5.74) is 0.587. The Labute approximate surface area is 130 Å². The average molecular weight is 320 g/mol. The lowest BCUT2D eigenvalue weighted by Crippen LogP contribution is -2.33. The zero-order valence-electron chi connectivity index (χ0n) is 12.2. The van der Waals surface area contributed by atoms with Gasteiger partial charge in [-0.05, 0) is 0 Å². The van der Waals surface area contributed by atoms with Crippen molar-refractivity contribution in [2.45, 2.75) is 24.5 Å². The van der Waals surface area contributed by atoms with Gasteiger partial charge in [-0.1, -0.05) is 0 Å². The van der Waals surface area contributed by atoms with Crippen molar-refractivity contribution >= 4 is 16.9 Å². The minimum atomic E-state index is -1.27. The van der Waals surface area contributed by atoms with Crippen molar-refractivity contribution in [3.63, 3.8) is 0 Å². The number of hydrazine groups is 1. The molecule has 5 N–H and O–H groups in total. The maximum Gasteiger partial charge on any atom is 0.164 e. The second-order valence-electron chi connectivity index (χ2n) is 5.30. The predicted molar refractivity (Wildman–Crippen MR) is 77.8 cm³/mol. The van der Waals surface area contributed by atoms with Gasteiger partial charge in [-0.2, -0.15) is 5.26 Å². The first-order valence-corrected chi connectivity index (χ1v) is 6.86. The summed E-state index contributed by atoms with van der Waals surface area (Å²) >= 11 is 0. The summed E-state index contributed by atoms with van der Waals surface area (Å²) in [4.78, 5) is 8.18. The Kier molecular flexibility index (Phi) is 3.88. The molecule has 1 saturated heterocycles. The van der Waals surface area contributed by atoms with Crippen LogP contribution >= 0.6 is 0 Å². The second-order valence-corrected chi connectivity index (χ2v) is 5.30. The number of hydrogen-bond acceptors (Lipinski definition) is 9. The summed E-state index contributed by atoms with van der Waals surface area (Å²) in [5, 5.41) is 40.3. The highest BCUT2D eigenvalue weighted by molar-refractivity contribution is 5.93. The van der Waals surface area contributed by atoms with Gasteiger partial charge in [0.15, 0.2) is 12.0 Å². The Bertz CT molecular complexity index is 770. The summed E-state index contributed by atoms with van der Waals surface area (Å²) in [6, 6.07) is 2.03. The van der Waals surface area contributed by atoms with Gasteiger partial charge in [-0.3, -0.25) is 5.01 Å². The first-order valence-electron chi connectivity index (χ1n) is 6.86. The lowest BCUT2D eigenvalue weighted by Gasteiger charge is -2.17. The van der Waals surface area contributed by atoms with Gasteiger partial charge >= 0.3 is 0 Å². The molecule has 1 aliphatic rings. The third kappa shape index (κ3) is 2.31. The van der Waals surface area contributed by atoms with Gasteiger partial charge in [0, 0.05) is 13.2 Å². The molecule has 0 bridgehead atoms. The number of anilines is 1. The van der Waals surface area contributed by atoms with Crippen LogP contribution in [0.1, 0.15) is 11.8 Å². The maximum absolute atomic E-state index is 10.2. The molecule has 0 aromatic carbocycles. The van der Waals surface area contributed by atoms with E-state index in [1.807, 2.05) is 6.07 Å². The molecule has 0 radical (unpaired) electrons. The molecule has 10 heteroatoms. The van der Waals surface area contributed by atoms with Gasteiger partial charge in [-0.15, -0.1) is 0 Å². The normalized spacial score (nSPS) is 27.3. The molecule has 1 fully saturated rings. The third-order valence-electron chi connectivity index (χ3n) is 3.84. The van der Waals surface area contributed by atoms with Crippen LogP contribution in [0.15, 0.2) is 12.5 Å². The lowest BCUT2D eigenvalue weighted by atomic mass is 10.1. The molecule has 2 aromatic heterocycles. The SMILES string of the molecule is CN(N)c1ncnc2c1c(C#N)cn2[C@@H]1O[C@H](CO)[C@@H](O)[C@H]1O. The number of ether oxygens (including phenoxy) is 1. The number of rotatable bonds is 3. The van der Waals surface area contributed by atoms with Crippen LogP contribution in [0.4, 0.5) is 5.82 Å². The van der Waals surface area contributed by atoms with E-state index in [2.05, 4.69) is 9.97 Å². The van der Waals surface area contributed by atoms with Crippen LogP contribution < -0.4 is 10.9 Å². The molecule has 0 spiro atoms. The van der Waals surface area contributed by atoms with E-state index in [9.17, 15) is 20.6 Å². The van der Waals surface area contributed by atoms with Gasteiger partial charge in [0.05, 0.1) is 17.6 Å². The molecule has 3 rings (SSSR count). The smallest absolute Gasteiger partial charge is 0.164 e. The Morgan fingerprint density at radius 3 is 2.74 bits per heavy atom. The van der Waals surface area contributed by atoms with Crippen molar-refractivity contribution < 1.29 is 20.1 Å². The molecule has 2 aromatic rings. The summed E-state index contributed by atoms with van der Waals surface area (Å²) < 4.78 is 6.92. The Balaban J connectivity index is 2.17. The molecule has 3 heterocycles. The van der Waals surface area contributed by atoms with E-state index in [-0.39, 0.29) is 5.56 Å². The van der Waals surface area contributed by atoms with Gasteiger partial charge < -0.3 is 24.6 Å². The maximum atomic E-state index is 10.2. The van der Waals surface area contributed by atoms with Crippen molar-refractivity contribution in [2.75, 3.05) is 18.7 Å². The highest BCUT2D eigenvalue weighted by Crippen LogP contribution is 2.35. The van der Waals surface area contributed by atoms with E-state index in [1.54, 1.807) is 7.05 Å². The van der Waals surface area contributed by atoms with Gasteiger partial charge in [-0.25, -0.2) is 15.8 Å². The van der Waals surface area contributed by atoms with Crippen LogP contribution in [0.3, 0.4) is 0 Å². The third-order valence-corrected chi connectivity index (χ3v) is 3.84. The number of nitrogens with zero attached hydrogens (tertiary/aromatic N) is 5. The number of hydrogen-bond donors (Lipinski definition) is 4. The van der Waals surface area contributed by atoms with E-state index < -0.39 is 31.1 Å². The Morgan fingerprint density at radius 1 is 1.43 bits per heavy atom. The van der Waals surface area contributed by atoms with Gasteiger partial charge in [0.25, 0.3) is 0 Å². The van der Waals surface area contributed by atoms with Crippen LogP contribution in [0.25, 0.3) is 11.0 Å². The van der Waals surface area contributed by atoms with Crippen LogP contribution in [-0.2, 0) is 4.74 Å². The number of nitriles is 1. The lowest BCUT2D eigenvalue weighted by molar-refractivity contribution is -0.0508. The number of aromatic nitrogens is 3. The molecule has 0 saturated carbocycles. The Hall–Kier alpha value is -2.29. The summed E-state index contributed by atoms with van der Waals surface area (Å²) in [7, 11) is 1.58. The fraction of sp³-hybridized carbons (Fsp3) is 0.462. The van der Waals surface area contributed by atoms with Crippen molar-refractivity contribution in [1.29, 1.82) is 5.26 Å². The first kappa shape index (κ1) is 15.6. The molecular weight excluding hydrogens is 304 g/mol. The largest absolute Gasteiger partial charge is 0.394 e. The molecule has 23 heavy (non-hydrogen) atoms. The molecule has 0 unspecified atom stereocenters.